The van der Waals surface area contributed by atoms with Crippen molar-refractivity contribution in [3.63, 3.8) is 0 Å². The number of anilines is 1. The van der Waals surface area contributed by atoms with E-state index in [1.807, 2.05) is 17.0 Å². The first-order valence-electron chi connectivity index (χ1n) is 9.66. The summed E-state index contributed by atoms with van der Waals surface area (Å²) in [5, 5.41) is 0. The molecule has 0 bridgehead atoms. The maximum atomic E-state index is 14.4. The van der Waals surface area contributed by atoms with Crippen LogP contribution in [0.15, 0.2) is 42.5 Å². The Labute approximate surface area is 175 Å². The van der Waals surface area contributed by atoms with Crippen molar-refractivity contribution in [2.45, 2.75) is 6.92 Å². The van der Waals surface area contributed by atoms with Gasteiger partial charge in [-0.25, -0.2) is 4.39 Å². The van der Waals surface area contributed by atoms with Crippen LogP contribution in [0.25, 0.3) is 6.08 Å². The summed E-state index contributed by atoms with van der Waals surface area (Å²) < 4.78 is 24.9. The Hall–Kier alpha value is -3.35. The van der Waals surface area contributed by atoms with Gasteiger partial charge in [0.1, 0.15) is 17.3 Å². The highest BCUT2D eigenvalue weighted by atomic mass is 19.1. The van der Waals surface area contributed by atoms with Crippen molar-refractivity contribution < 1.29 is 23.5 Å². The summed E-state index contributed by atoms with van der Waals surface area (Å²) in [4.78, 5) is 27.6. The standard InChI is InChI=1S/C23H25FN2O4/c1-16(27)18-5-6-22(21(24)14-18)25-8-10-26(11-9-25)23(28)7-4-17-12-19(29-2)15-20(13-17)30-3/h4-7,12-15H,8-11H2,1-3H3/b7-4+. The van der Waals surface area contributed by atoms with Gasteiger partial charge in [0, 0.05) is 43.9 Å². The molecule has 1 saturated heterocycles. The van der Waals surface area contributed by atoms with Gasteiger partial charge in [-0.15, -0.1) is 0 Å². The van der Waals surface area contributed by atoms with Gasteiger partial charge in [0.2, 0.25) is 5.91 Å². The molecular formula is C23H25FN2O4. The number of hydrogen-bond acceptors (Lipinski definition) is 5. The summed E-state index contributed by atoms with van der Waals surface area (Å²) in [6, 6.07) is 9.92. The summed E-state index contributed by atoms with van der Waals surface area (Å²) in [6.45, 7) is 3.41. The highest BCUT2D eigenvalue weighted by molar-refractivity contribution is 5.94. The average molecular weight is 412 g/mol. The third kappa shape index (κ3) is 4.97. The molecule has 0 saturated carbocycles. The molecule has 6 nitrogen and oxygen atoms in total. The smallest absolute Gasteiger partial charge is 0.246 e. The van der Waals surface area contributed by atoms with Crippen LogP contribution < -0.4 is 14.4 Å². The highest BCUT2D eigenvalue weighted by Gasteiger charge is 2.22. The summed E-state index contributed by atoms with van der Waals surface area (Å²) >= 11 is 0. The largest absolute Gasteiger partial charge is 0.497 e. The Morgan fingerprint density at radius 3 is 2.13 bits per heavy atom. The fourth-order valence-electron chi connectivity index (χ4n) is 3.35. The van der Waals surface area contributed by atoms with Crippen LogP contribution in [0.3, 0.4) is 0 Å². The number of ketones is 1. The predicted octanol–water partition coefficient (Wildman–Crippen LogP) is 3.41. The first-order valence-corrected chi connectivity index (χ1v) is 9.66. The highest BCUT2D eigenvalue weighted by Crippen LogP contribution is 2.24. The SMILES string of the molecule is COc1cc(/C=C/C(=O)N2CCN(c3ccc(C(C)=O)cc3F)CC2)cc(OC)c1. The normalized spacial score (nSPS) is 14.1. The number of carbonyl (C=O) groups excluding carboxylic acids is 2. The van der Waals surface area contributed by atoms with E-state index in [1.165, 1.54) is 19.1 Å². The number of Topliss-reactive ketones (excluding diaryl/α,β-unsaturated/α-hetero) is 1. The number of carbonyl (C=O) groups is 2. The van der Waals surface area contributed by atoms with Crippen LogP contribution in [0.1, 0.15) is 22.8 Å². The lowest BCUT2D eigenvalue weighted by Gasteiger charge is -2.35. The van der Waals surface area contributed by atoms with Gasteiger partial charge in [0.05, 0.1) is 19.9 Å². The first-order chi connectivity index (χ1) is 14.4. The van der Waals surface area contributed by atoms with Crippen molar-refractivity contribution in [2.24, 2.45) is 0 Å². The van der Waals surface area contributed by atoms with Gasteiger partial charge in [-0.3, -0.25) is 9.59 Å². The molecule has 1 amide bonds. The summed E-state index contributed by atoms with van der Waals surface area (Å²) in [6.07, 6.45) is 3.24. The monoisotopic (exact) mass is 412 g/mol. The zero-order valence-electron chi connectivity index (χ0n) is 17.4. The number of benzene rings is 2. The van der Waals surface area contributed by atoms with Gasteiger partial charge in [-0.2, -0.15) is 0 Å². The van der Waals surface area contributed by atoms with Crippen LogP contribution in [0, 0.1) is 5.82 Å². The first kappa shape index (κ1) is 21.4. The molecule has 2 aromatic rings. The number of piperazine rings is 1. The number of nitrogens with zero attached hydrogens (tertiary/aromatic N) is 2. The molecule has 1 aliphatic heterocycles. The second-order valence-corrected chi connectivity index (χ2v) is 7.01. The van der Waals surface area contributed by atoms with Crippen LogP contribution >= 0.6 is 0 Å². The van der Waals surface area contributed by atoms with Crippen LogP contribution in [0.5, 0.6) is 11.5 Å². The summed E-state index contributed by atoms with van der Waals surface area (Å²) in [5.41, 5.74) is 1.60. The number of hydrogen-bond donors (Lipinski definition) is 0. The van der Waals surface area contributed by atoms with Crippen LogP contribution in [-0.4, -0.2) is 57.0 Å². The molecule has 158 valence electrons. The molecule has 30 heavy (non-hydrogen) atoms. The molecule has 1 heterocycles. The average Bonchev–Trinajstić information content (AvgIpc) is 2.77. The van der Waals surface area contributed by atoms with E-state index in [-0.39, 0.29) is 11.7 Å². The fraction of sp³-hybridized carbons (Fsp3) is 0.304. The van der Waals surface area contributed by atoms with E-state index in [1.54, 1.807) is 43.4 Å². The summed E-state index contributed by atoms with van der Waals surface area (Å²) in [7, 11) is 3.15. The van der Waals surface area contributed by atoms with E-state index in [2.05, 4.69) is 0 Å². The molecule has 3 rings (SSSR count). The molecule has 2 aromatic carbocycles. The molecule has 0 atom stereocenters. The van der Waals surface area contributed by atoms with Crippen molar-refractivity contribution >= 4 is 23.5 Å². The third-order valence-corrected chi connectivity index (χ3v) is 5.08. The van der Waals surface area contributed by atoms with Gasteiger partial charge in [-0.05, 0) is 48.9 Å². The van der Waals surface area contributed by atoms with Gasteiger partial charge in [-0.1, -0.05) is 0 Å². The zero-order valence-corrected chi connectivity index (χ0v) is 17.4. The predicted molar refractivity (Wildman–Crippen MR) is 114 cm³/mol. The van der Waals surface area contributed by atoms with Crippen LogP contribution in [0.4, 0.5) is 10.1 Å². The van der Waals surface area contributed by atoms with E-state index in [9.17, 15) is 14.0 Å². The van der Waals surface area contributed by atoms with E-state index >= 15 is 0 Å². The van der Waals surface area contributed by atoms with E-state index in [0.29, 0.717) is 48.9 Å². The van der Waals surface area contributed by atoms with E-state index in [0.717, 1.165) is 5.56 Å². The molecule has 7 heteroatoms. The van der Waals surface area contributed by atoms with Crippen LogP contribution in [-0.2, 0) is 4.79 Å². The molecule has 1 aliphatic rings. The topological polar surface area (TPSA) is 59.1 Å². The molecule has 0 aromatic heterocycles. The Bertz CT molecular complexity index is 943. The molecule has 1 fully saturated rings. The Kier molecular flexibility index (Phi) is 6.72. The molecular weight excluding hydrogens is 387 g/mol. The van der Waals surface area contributed by atoms with Crippen molar-refractivity contribution in [2.75, 3.05) is 45.3 Å². The lowest BCUT2D eigenvalue weighted by atomic mass is 10.1. The van der Waals surface area contributed by atoms with Gasteiger partial charge in [0.15, 0.2) is 5.78 Å². The van der Waals surface area contributed by atoms with Gasteiger partial charge >= 0.3 is 0 Å². The number of halogens is 1. The minimum Gasteiger partial charge on any atom is -0.497 e. The molecule has 0 aliphatic carbocycles. The van der Waals surface area contributed by atoms with Crippen molar-refractivity contribution in [3.05, 3.63) is 59.4 Å². The van der Waals surface area contributed by atoms with Crippen molar-refractivity contribution in [3.8, 4) is 11.5 Å². The quantitative estimate of drug-likeness (QED) is 0.538. The summed E-state index contributed by atoms with van der Waals surface area (Å²) in [5.74, 6) is 0.593. The second-order valence-electron chi connectivity index (χ2n) is 7.01. The molecule has 0 unspecified atom stereocenters. The zero-order chi connectivity index (χ0) is 21.7. The number of methoxy groups -OCH3 is 2. The van der Waals surface area contributed by atoms with Crippen molar-refractivity contribution in [1.82, 2.24) is 4.90 Å². The Morgan fingerprint density at radius 1 is 0.967 bits per heavy atom. The minimum atomic E-state index is -0.422. The maximum absolute atomic E-state index is 14.4. The van der Waals surface area contributed by atoms with E-state index in [4.69, 9.17) is 9.47 Å². The number of ether oxygens (including phenoxy) is 2. The lowest BCUT2D eigenvalue weighted by Crippen LogP contribution is -2.48. The minimum absolute atomic E-state index is 0.108. The Balaban J connectivity index is 1.62. The molecule has 0 N–H and O–H groups in total. The molecule has 0 radical (unpaired) electrons. The third-order valence-electron chi connectivity index (χ3n) is 5.08. The molecule has 0 spiro atoms. The fourth-order valence-corrected chi connectivity index (χ4v) is 3.35. The number of rotatable bonds is 6. The van der Waals surface area contributed by atoms with Gasteiger partial charge < -0.3 is 19.3 Å². The lowest BCUT2D eigenvalue weighted by molar-refractivity contribution is -0.126. The van der Waals surface area contributed by atoms with E-state index < -0.39 is 5.82 Å². The maximum Gasteiger partial charge on any atom is 0.246 e. The van der Waals surface area contributed by atoms with Crippen LogP contribution in [0.2, 0.25) is 0 Å². The van der Waals surface area contributed by atoms with Crippen molar-refractivity contribution in [1.29, 1.82) is 0 Å². The number of amides is 1. The Morgan fingerprint density at radius 2 is 1.60 bits per heavy atom. The second kappa shape index (κ2) is 9.43. The van der Waals surface area contributed by atoms with Gasteiger partial charge in [0.25, 0.3) is 0 Å².